The molecule has 33 heavy (non-hydrogen) atoms. The van der Waals surface area contributed by atoms with E-state index in [1.54, 1.807) is 20.3 Å². The molecule has 2 atom stereocenters. The average Bonchev–Trinajstić information content (AvgIpc) is 3.26. The molecule has 0 aromatic heterocycles. The van der Waals surface area contributed by atoms with Gasteiger partial charge < -0.3 is 24.4 Å². The van der Waals surface area contributed by atoms with Gasteiger partial charge in [0.2, 0.25) is 0 Å². The zero-order chi connectivity index (χ0) is 23.6. The molecule has 1 saturated heterocycles. The van der Waals surface area contributed by atoms with Gasteiger partial charge in [0.15, 0.2) is 11.5 Å². The van der Waals surface area contributed by atoms with Gasteiger partial charge in [0.1, 0.15) is 0 Å². The van der Waals surface area contributed by atoms with Gasteiger partial charge in [-0.3, -0.25) is 4.79 Å². The molecule has 1 aliphatic rings. The Morgan fingerprint density at radius 3 is 2.48 bits per heavy atom. The second-order valence-electron chi connectivity index (χ2n) is 8.98. The highest BCUT2D eigenvalue weighted by molar-refractivity contribution is 5.95. The molecular weight excluding hydrogens is 416 g/mol. The van der Waals surface area contributed by atoms with Crippen LogP contribution in [-0.4, -0.2) is 63.9 Å². The van der Waals surface area contributed by atoms with Crippen molar-refractivity contribution in [2.24, 2.45) is 11.8 Å². The summed E-state index contributed by atoms with van der Waals surface area (Å²) in [5, 5.41) is 3.54. The summed E-state index contributed by atoms with van der Waals surface area (Å²) in [6, 6.07) is 16.2. The molecule has 0 radical (unpaired) electrons. The molecule has 1 N–H and O–H groups in total. The van der Waals surface area contributed by atoms with Crippen LogP contribution in [0.3, 0.4) is 0 Å². The molecule has 1 unspecified atom stereocenters. The van der Waals surface area contributed by atoms with Crippen LogP contribution in [0.15, 0.2) is 48.5 Å². The number of rotatable bonds is 12. The SMILES string of the molecule is COCCCOc1cc(C(=O)N(C[C@@H]2CNCC2Cc2ccccc2)C(C)C)ccc1OC. The van der Waals surface area contributed by atoms with E-state index in [1.807, 2.05) is 17.0 Å². The standard InChI is InChI=1S/C27H38N2O4/c1-20(2)29(19-24-18-28-17-23(24)15-21-9-6-5-7-10-21)27(30)22-11-12-25(32-4)26(16-22)33-14-8-13-31-3/h5-7,9-12,16,20,23-24,28H,8,13-15,17-19H2,1-4H3/t23?,24-/m0/s1. The van der Waals surface area contributed by atoms with Gasteiger partial charge in [-0.2, -0.15) is 0 Å². The third kappa shape index (κ3) is 6.95. The van der Waals surface area contributed by atoms with Crippen LogP contribution >= 0.6 is 0 Å². The Morgan fingerprint density at radius 2 is 1.79 bits per heavy atom. The minimum Gasteiger partial charge on any atom is -0.493 e. The van der Waals surface area contributed by atoms with Gasteiger partial charge in [-0.15, -0.1) is 0 Å². The molecule has 0 bridgehead atoms. The molecule has 6 nitrogen and oxygen atoms in total. The number of benzene rings is 2. The zero-order valence-corrected chi connectivity index (χ0v) is 20.4. The minimum atomic E-state index is 0.0276. The predicted octanol–water partition coefficient (Wildman–Crippen LogP) is 4.04. The van der Waals surface area contributed by atoms with Crippen LogP contribution in [0.2, 0.25) is 0 Å². The number of carbonyl (C=O) groups is 1. The first kappa shape index (κ1) is 25.1. The maximum atomic E-state index is 13.6. The first-order valence-electron chi connectivity index (χ1n) is 11.9. The second-order valence-corrected chi connectivity index (χ2v) is 8.98. The summed E-state index contributed by atoms with van der Waals surface area (Å²) in [6.07, 6.45) is 1.80. The molecule has 3 rings (SSSR count). The normalized spacial score (nSPS) is 17.8. The smallest absolute Gasteiger partial charge is 0.254 e. The van der Waals surface area contributed by atoms with Gasteiger partial charge in [-0.1, -0.05) is 30.3 Å². The Balaban J connectivity index is 1.71. The maximum Gasteiger partial charge on any atom is 0.254 e. The molecule has 180 valence electrons. The van der Waals surface area contributed by atoms with Crippen LogP contribution in [0.5, 0.6) is 11.5 Å². The number of nitrogens with zero attached hydrogens (tertiary/aromatic N) is 1. The highest BCUT2D eigenvalue weighted by Gasteiger charge is 2.31. The van der Waals surface area contributed by atoms with Crippen LogP contribution in [-0.2, 0) is 11.2 Å². The Morgan fingerprint density at radius 1 is 1.03 bits per heavy atom. The van der Waals surface area contributed by atoms with Crippen molar-refractivity contribution in [2.75, 3.05) is 47.1 Å². The number of hydrogen-bond donors (Lipinski definition) is 1. The van der Waals surface area contributed by atoms with Crippen molar-refractivity contribution in [1.29, 1.82) is 0 Å². The molecule has 1 fully saturated rings. The fourth-order valence-corrected chi connectivity index (χ4v) is 4.41. The summed E-state index contributed by atoms with van der Waals surface area (Å²) in [5.41, 5.74) is 1.97. The molecule has 1 amide bonds. The highest BCUT2D eigenvalue weighted by atomic mass is 16.5. The Bertz CT molecular complexity index is 872. The zero-order valence-electron chi connectivity index (χ0n) is 20.4. The first-order valence-corrected chi connectivity index (χ1v) is 11.9. The number of nitrogens with one attached hydrogen (secondary N) is 1. The average molecular weight is 455 g/mol. The lowest BCUT2D eigenvalue weighted by molar-refractivity contribution is 0.0661. The summed E-state index contributed by atoms with van der Waals surface area (Å²) in [5.74, 6) is 2.17. The van der Waals surface area contributed by atoms with E-state index in [1.165, 1.54) is 5.56 Å². The van der Waals surface area contributed by atoms with Crippen molar-refractivity contribution < 1.29 is 19.0 Å². The van der Waals surface area contributed by atoms with Gasteiger partial charge >= 0.3 is 0 Å². The van der Waals surface area contributed by atoms with E-state index in [2.05, 4.69) is 49.5 Å². The summed E-state index contributed by atoms with van der Waals surface area (Å²) in [4.78, 5) is 15.5. The fourth-order valence-electron chi connectivity index (χ4n) is 4.41. The second kappa shape index (κ2) is 12.6. The van der Waals surface area contributed by atoms with E-state index in [9.17, 15) is 4.79 Å². The Hall–Kier alpha value is -2.57. The van der Waals surface area contributed by atoms with Crippen molar-refractivity contribution in [3.63, 3.8) is 0 Å². The third-order valence-electron chi connectivity index (χ3n) is 6.30. The van der Waals surface area contributed by atoms with Crippen molar-refractivity contribution in [3.05, 3.63) is 59.7 Å². The number of amides is 1. The molecule has 1 aliphatic heterocycles. The number of carbonyl (C=O) groups excluding carboxylic acids is 1. The van der Waals surface area contributed by atoms with Crippen molar-refractivity contribution in [2.45, 2.75) is 32.7 Å². The monoisotopic (exact) mass is 454 g/mol. The van der Waals surface area contributed by atoms with Gasteiger partial charge in [0, 0.05) is 38.3 Å². The van der Waals surface area contributed by atoms with Gasteiger partial charge in [-0.25, -0.2) is 0 Å². The molecular formula is C27H38N2O4. The van der Waals surface area contributed by atoms with E-state index >= 15 is 0 Å². The van der Waals surface area contributed by atoms with Crippen LogP contribution in [0.1, 0.15) is 36.2 Å². The van der Waals surface area contributed by atoms with E-state index in [0.717, 1.165) is 32.5 Å². The van der Waals surface area contributed by atoms with Crippen molar-refractivity contribution >= 4 is 5.91 Å². The summed E-state index contributed by atoms with van der Waals surface area (Å²) >= 11 is 0. The van der Waals surface area contributed by atoms with Crippen molar-refractivity contribution in [3.8, 4) is 11.5 Å². The van der Waals surface area contributed by atoms with Gasteiger partial charge in [0.25, 0.3) is 5.91 Å². The minimum absolute atomic E-state index is 0.0276. The first-order chi connectivity index (χ1) is 16.0. The lowest BCUT2D eigenvalue weighted by Crippen LogP contribution is -2.42. The van der Waals surface area contributed by atoms with E-state index < -0.39 is 0 Å². The van der Waals surface area contributed by atoms with E-state index in [4.69, 9.17) is 14.2 Å². The molecule has 2 aromatic rings. The predicted molar refractivity (Wildman–Crippen MR) is 131 cm³/mol. The van der Waals surface area contributed by atoms with Gasteiger partial charge in [-0.05, 0) is 69.0 Å². The Labute approximate surface area is 198 Å². The number of hydrogen-bond acceptors (Lipinski definition) is 5. The van der Waals surface area contributed by atoms with E-state index in [-0.39, 0.29) is 11.9 Å². The van der Waals surface area contributed by atoms with Crippen LogP contribution in [0.4, 0.5) is 0 Å². The Kier molecular flexibility index (Phi) is 9.58. The van der Waals surface area contributed by atoms with Crippen LogP contribution < -0.4 is 14.8 Å². The lowest BCUT2D eigenvalue weighted by atomic mass is 9.89. The molecule has 1 heterocycles. The number of methoxy groups -OCH3 is 2. The fraction of sp³-hybridized carbons (Fsp3) is 0.519. The summed E-state index contributed by atoms with van der Waals surface area (Å²) < 4.78 is 16.4. The highest BCUT2D eigenvalue weighted by Crippen LogP contribution is 2.30. The maximum absolute atomic E-state index is 13.6. The van der Waals surface area contributed by atoms with Crippen LogP contribution in [0, 0.1) is 11.8 Å². The van der Waals surface area contributed by atoms with Crippen molar-refractivity contribution in [1.82, 2.24) is 10.2 Å². The molecule has 2 aromatic carbocycles. The summed E-state index contributed by atoms with van der Waals surface area (Å²) in [7, 11) is 3.28. The molecule has 0 spiro atoms. The summed E-state index contributed by atoms with van der Waals surface area (Å²) in [6.45, 7) is 7.95. The molecule has 0 saturated carbocycles. The molecule has 0 aliphatic carbocycles. The lowest BCUT2D eigenvalue weighted by Gasteiger charge is -2.32. The van der Waals surface area contributed by atoms with E-state index in [0.29, 0.717) is 42.1 Å². The van der Waals surface area contributed by atoms with Gasteiger partial charge in [0.05, 0.1) is 13.7 Å². The number of ether oxygens (including phenoxy) is 3. The molecule has 6 heteroatoms. The largest absolute Gasteiger partial charge is 0.493 e. The third-order valence-corrected chi connectivity index (χ3v) is 6.30. The quantitative estimate of drug-likeness (QED) is 0.491. The topological polar surface area (TPSA) is 60.0 Å². The van der Waals surface area contributed by atoms with Crippen LogP contribution in [0.25, 0.3) is 0 Å².